The number of hydrogen-bond donors (Lipinski definition) is 3. The zero-order chi connectivity index (χ0) is 13.2. The summed E-state index contributed by atoms with van der Waals surface area (Å²) in [5, 5.41) is 18.7. The maximum absolute atomic E-state index is 11.0. The summed E-state index contributed by atoms with van der Waals surface area (Å²) in [5.74, 6) is -1.32. The first-order chi connectivity index (χ1) is 7.77. The Labute approximate surface area is 97.6 Å². The molecule has 0 atom stereocenters. The quantitative estimate of drug-likeness (QED) is 0.537. The van der Waals surface area contributed by atoms with Crippen molar-refractivity contribution in [1.29, 1.82) is 0 Å². The van der Waals surface area contributed by atoms with E-state index in [4.69, 9.17) is 9.66 Å². The minimum Gasteiger partial charge on any atom is -0.478 e. The van der Waals surface area contributed by atoms with Gasteiger partial charge in [0.05, 0.1) is 11.3 Å². The first-order valence-corrected chi connectivity index (χ1v) is 5.94. The van der Waals surface area contributed by atoms with E-state index in [0.717, 1.165) is 12.1 Å². The molecule has 0 aliphatic heterocycles. The second-order valence-electron chi connectivity index (χ2n) is 3.09. The number of carboxylic acid groups (broad SMARTS) is 1. The maximum atomic E-state index is 11.0. The van der Waals surface area contributed by atoms with Crippen molar-refractivity contribution >= 4 is 21.8 Å². The number of hydroxylamine groups is 1. The molecule has 1 rings (SSSR count). The van der Waals surface area contributed by atoms with Crippen LogP contribution < -0.4 is 5.06 Å². The number of aromatic carboxylic acids is 1. The monoisotopic (exact) mass is 260 g/mol. The van der Waals surface area contributed by atoms with E-state index in [1.807, 2.05) is 0 Å². The van der Waals surface area contributed by atoms with E-state index in [2.05, 4.69) is 6.07 Å². The lowest BCUT2D eigenvalue weighted by atomic mass is 10.2. The predicted molar refractivity (Wildman–Crippen MR) is 56.9 cm³/mol. The molecule has 17 heavy (non-hydrogen) atoms. The highest BCUT2D eigenvalue weighted by Gasteiger charge is 2.20. The fourth-order valence-corrected chi connectivity index (χ4v) is 1.81. The topological polar surface area (TPSA) is 115 Å². The number of benzene rings is 1. The van der Waals surface area contributed by atoms with E-state index in [-0.39, 0.29) is 17.8 Å². The molecule has 0 saturated heterocycles. The zero-order valence-electron chi connectivity index (χ0n) is 8.78. The molecule has 8 heteroatoms. The standard InChI is InChI=1S/C9H10NO6S/c1-2-10(13)7-5-6(9(11)12)3-4-8(7)17(14,15)16/h4-5,13H,2H2,1H3,(H,11,12)(H,14,15,16). The van der Waals surface area contributed by atoms with E-state index < -0.39 is 21.0 Å². The van der Waals surface area contributed by atoms with Gasteiger partial charge < -0.3 is 5.11 Å². The summed E-state index contributed by atoms with van der Waals surface area (Å²) in [7, 11) is -4.56. The van der Waals surface area contributed by atoms with Crippen molar-refractivity contribution in [3.05, 3.63) is 23.8 Å². The molecule has 0 spiro atoms. The summed E-state index contributed by atoms with van der Waals surface area (Å²) in [6, 6.07) is 3.90. The van der Waals surface area contributed by atoms with Crippen LogP contribution in [0, 0.1) is 6.07 Å². The van der Waals surface area contributed by atoms with E-state index in [9.17, 15) is 18.4 Å². The summed E-state index contributed by atoms with van der Waals surface area (Å²) in [6.07, 6.45) is 0. The minimum absolute atomic E-state index is 0.0194. The Morgan fingerprint density at radius 1 is 1.53 bits per heavy atom. The number of hydrogen-bond acceptors (Lipinski definition) is 5. The van der Waals surface area contributed by atoms with Crippen molar-refractivity contribution in [3.8, 4) is 0 Å². The van der Waals surface area contributed by atoms with Crippen molar-refractivity contribution in [2.75, 3.05) is 11.6 Å². The van der Waals surface area contributed by atoms with Gasteiger partial charge in [-0.05, 0) is 25.1 Å². The Bertz CT molecular complexity index is 538. The molecule has 0 saturated carbocycles. The number of rotatable bonds is 4. The SMILES string of the molecule is CCN(O)c1cc(C(=O)O)[c]cc1S(=O)(=O)O. The lowest BCUT2D eigenvalue weighted by Crippen LogP contribution is -2.20. The zero-order valence-corrected chi connectivity index (χ0v) is 9.60. The van der Waals surface area contributed by atoms with Gasteiger partial charge in [0.2, 0.25) is 0 Å². The molecule has 7 nitrogen and oxygen atoms in total. The van der Waals surface area contributed by atoms with Gasteiger partial charge in [0, 0.05) is 6.54 Å². The van der Waals surface area contributed by atoms with Gasteiger partial charge in [0.1, 0.15) is 4.90 Å². The predicted octanol–water partition coefficient (Wildman–Crippen LogP) is 0.647. The summed E-state index contributed by atoms with van der Waals surface area (Å²) in [5.41, 5.74) is -0.633. The highest BCUT2D eigenvalue weighted by molar-refractivity contribution is 7.86. The highest BCUT2D eigenvalue weighted by atomic mass is 32.2. The third-order valence-corrected chi connectivity index (χ3v) is 2.86. The van der Waals surface area contributed by atoms with Crippen LogP contribution in [-0.4, -0.2) is 35.8 Å². The van der Waals surface area contributed by atoms with Crippen molar-refractivity contribution in [1.82, 2.24) is 0 Å². The average Bonchev–Trinajstić information content (AvgIpc) is 2.25. The molecular formula is C9H10NO6S. The van der Waals surface area contributed by atoms with E-state index in [1.165, 1.54) is 6.92 Å². The Hall–Kier alpha value is -1.64. The third-order valence-electron chi connectivity index (χ3n) is 1.98. The Kier molecular flexibility index (Phi) is 3.71. The molecule has 0 aromatic heterocycles. The first-order valence-electron chi connectivity index (χ1n) is 4.50. The fourth-order valence-electron chi connectivity index (χ4n) is 1.17. The van der Waals surface area contributed by atoms with Crippen molar-refractivity contribution in [2.24, 2.45) is 0 Å². The van der Waals surface area contributed by atoms with Gasteiger partial charge >= 0.3 is 5.97 Å². The summed E-state index contributed by atoms with van der Waals surface area (Å²) < 4.78 is 30.9. The molecule has 3 N–H and O–H groups in total. The number of nitrogens with zero attached hydrogens (tertiary/aromatic N) is 1. The minimum atomic E-state index is -4.56. The fraction of sp³-hybridized carbons (Fsp3) is 0.222. The van der Waals surface area contributed by atoms with Gasteiger partial charge in [0.25, 0.3) is 10.1 Å². The van der Waals surface area contributed by atoms with Gasteiger partial charge in [-0.2, -0.15) is 8.42 Å². The van der Waals surface area contributed by atoms with Crippen LogP contribution in [0.15, 0.2) is 17.0 Å². The van der Waals surface area contributed by atoms with Crippen LogP contribution in [-0.2, 0) is 10.1 Å². The van der Waals surface area contributed by atoms with Crippen LogP contribution in [0.1, 0.15) is 17.3 Å². The van der Waals surface area contributed by atoms with E-state index in [0.29, 0.717) is 5.06 Å². The molecule has 1 aromatic carbocycles. The van der Waals surface area contributed by atoms with E-state index in [1.54, 1.807) is 0 Å². The van der Waals surface area contributed by atoms with Gasteiger partial charge in [-0.1, -0.05) is 0 Å². The van der Waals surface area contributed by atoms with Gasteiger partial charge in [-0.3, -0.25) is 14.8 Å². The molecule has 0 fully saturated rings. The molecule has 1 radical (unpaired) electrons. The van der Waals surface area contributed by atoms with Gasteiger partial charge in [-0.25, -0.2) is 4.79 Å². The molecule has 93 valence electrons. The molecule has 0 aliphatic carbocycles. The van der Waals surface area contributed by atoms with Crippen LogP contribution in [0.3, 0.4) is 0 Å². The van der Waals surface area contributed by atoms with Crippen LogP contribution in [0.4, 0.5) is 5.69 Å². The second kappa shape index (κ2) is 4.70. The summed E-state index contributed by atoms with van der Waals surface area (Å²) >= 11 is 0. The van der Waals surface area contributed by atoms with Crippen LogP contribution in [0.2, 0.25) is 0 Å². The molecule has 0 heterocycles. The summed E-state index contributed by atoms with van der Waals surface area (Å²) in [4.78, 5) is 10.1. The van der Waals surface area contributed by atoms with E-state index >= 15 is 0 Å². The Morgan fingerprint density at radius 3 is 2.53 bits per heavy atom. The first kappa shape index (κ1) is 13.4. The largest absolute Gasteiger partial charge is 0.478 e. The normalized spacial score (nSPS) is 11.2. The lowest BCUT2D eigenvalue weighted by Gasteiger charge is -2.17. The van der Waals surface area contributed by atoms with Crippen LogP contribution in [0.5, 0.6) is 0 Å². The maximum Gasteiger partial charge on any atom is 0.336 e. The Morgan fingerprint density at radius 2 is 2.12 bits per heavy atom. The smallest absolute Gasteiger partial charge is 0.336 e. The van der Waals surface area contributed by atoms with Crippen molar-refractivity contribution in [3.63, 3.8) is 0 Å². The number of anilines is 1. The third kappa shape index (κ3) is 2.93. The molecule has 0 bridgehead atoms. The summed E-state index contributed by atoms with van der Waals surface area (Å²) in [6.45, 7) is 1.54. The number of carbonyl (C=O) groups is 1. The molecule has 0 amide bonds. The number of carboxylic acids is 1. The molecule has 1 aromatic rings. The van der Waals surface area contributed by atoms with Gasteiger partial charge in [0.15, 0.2) is 0 Å². The second-order valence-corrected chi connectivity index (χ2v) is 4.48. The van der Waals surface area contributed by atoms with Gasteiger partial charge in [-0.15, -0.1) is 0 Å². The lowest BCUT2D eigenvalue weighted by molar-refractivity contribution is 0.0696. The van der Waals surface area contributed by atoms with Crippen LogP contribution in [0.25, 0.3) is 0 Å². The molecule has 0 aliphatic rings. The Balaban J connectivity index is 3.47. The average molecular weight is 260 g/mol. The van der Waals surface area contributed by atoms with Crippen LogP contribution >= 0.6 is 0 Å². The van der Waals surface area contributed by atoms with Crippen molar-refractivity contribution in [2.45, 2.75) is 11.8 Å². The molecule has 0 unspecified atom stereocenters. The molecular weight excluding hydrogens is 250 g/mol. The van der Waals surface area contributed by atoms with Crippen molar-refractivity contribution < 1.29 is 28.1 Å². The highest BCUT2D eigenvalue weighted by Crippen LogP contribution is 2.25.